The van der Waals surface area contributed by atoms with E-state index < -0.39 is 5.54 Å². The number of carbonyl (C=O) groups excluding carboxylic acids is 2. The van der Waals surface area contributed by atoms with Crippen LogP contribution in [0, 0.1) is 5.92 Å². The zero-order valence-corrected chi connectivity index (χ0v) is 19.1. The Morgan fingerprint density at radius 2 is 1.74 bits per heavy atom. The molecule has 5 nitrogen and oxygen atoms in total. The van der Waals surface area contributed by atoms with E-state index in [1.165, 1.54) is 6.42 Å². The van der Waals surface area contributed by atoms with E-state index in [-0.39, 0.29) is 17.9 Å². The number of nitrogens with one attached hydrogen (secondary N) is 1. The van der Waals surface area contributed by atoms with Crippen molar-refractivity contribution in [3.8, 4) is 11.3 Å². The molecule has 1 saturated carbocycles. The van der Waals surface area contributed by atoms with E-state index in [2.05, 4.69) is 31.3 Å². The molecule has 4 rings (SSSR count). The van der Waals surface area contributed by atoms with Crippen LogP contribution in [0.4, 0.5) is 0 Å². The third kappa shape index (κ3) is 4.28. The summed E-state index contributed by atoms with van der Waals surface area (Å²) in [6.07, 6.45) is 6.52. The zero-order valence-electron chi connectivity index (χ0n) is 19.1. The van der Waals surface area contributed by atoms with Gasteiger partial charge < -0.3 is 14.8 Å². The third-order valence-corrected chi connectivity index (χ3v) is 6.94. The Bertz CT molecular complexity index is 927. The number of carbonyl (C=O) groups is 2. The smallest absolute Gasteiger partial charge is 0.271 e. The molecule has 31 heavy (non-hydrogen) atoms. The van der Waals surface area contributed by atoms with Crippen LogP contribution in [-0.2, 0) is 11.3 Å². The van der Waals surface area contributed by atoms with E-state index in [1.807, 2.05) is 46.7 Å². The van der Waals surface area contributed by atoms with Gasteiger partial charge in [-0.25, -0.2) is 0 Å². The standard InChI is InChI=1S/C26H35N3O2/c1-19(2)16-17-29-24(30)23-15-14-22(20-10-6-4-7-11-20)28(23)18-26(29,3)25(31)27-21-12-8-5-9-13-21/h4,6-7,10-11,14-15,19,21H,5,8-9,12-13,16-18H2,1-3H3,(H,27,31)/t26-/m1/s1. The molecular weight excluding hydrogens is 386 g/mol. The maximum atomic E-state index is 13.6. The van der Waals surface area contributed by atoms with Gasteiger partial charge in [-0.1, -0.05) is 63.4 Å². The summed E-state index contributed by atoms with van der Waals surface area (Å²) >= 11 is 0. The molecule has 0 saturated heterocycles. The molecule has 1 aliphatic heterocycles. The highest BCUT2D eigenvalue weighted by Gasteiger charge is 2.48. The summed E-state index contributed by atoms with van der Waals surface area (Å²) in [6, 6.07) is 14.2. The van der Waals surface area contributed by atoms with E-state index in [4.69, 9.17) is 0 Å². The zero-order chi connectivity index (χ0) is 22.0. The Balaban J connectivity index is 1.69. The van der Waals surface area contributed by atoms with E-state index in [1.54, 1.807) is 0 Å². The van der Waals surface area contributed by atoms with Crippen LogP contribution in [0.3, 0.4) is 0 Å². The number of fused-ring (bicyclic) bond motifs is 1. The predicted octanol–water partition coefficient (Wildman–Crippen LogP) is 4.86. The van der Waals surface area contributed by atoms with Crippen molar-refractivity contribution in [2.24, 2.45) is 5.92 Å². The predicted molar refractivity (Wildman–Crippen MR) is 124 cm³/mol. The minimum atomic E-state index is -0.904. The van der Waals surface area contributed by atoms with Gasteiger partial charge in [0.15, 0.2) is 0 Å². The molecule has 1 atom stereocenters. The van der Waals surface area contributed by atoms with Gasteiger partial charge in [0.2, 0.25) is 5.91 Å². The molecule has 0 unspecified atom stereocenters. The molecule has 1 N–H and O–H groups in total. The Hall–Kier alpha value is -2.56. The van der Waals surface area contributed by atoms with Gasteiger partial charge in [0.05, 0.1) is 6.54 Å². The van der Waals surface area contributed by atoms with Crippen molar-refractivity contribution in [3.63, 3.8) is 0 Å². The highest BCUT2D eigenvalue weighted by molar-refractivity contribution is 6.00. The van der Waals surface area contributed by atoms with Crippen molar-refractivity contribution in [2.75, 3.05) is 6.54 Å². The maximum Gasteiger partial charge on any atom is 0.271 e. The first-order chi connectivity index (χ1) is 14.9. The monoisotopic (exact) mass is 421 g/mol. The van der Waals surface area contributed by atoms with Gasteiger partial charge >= 0.3 is 0 Å². The van der Waals surface area contributed by atoms with Crippen molar-refractivity contribution < 1.29 is 9.59 Å². The average molecular weight is 422 g/mol. The molecule has 2 amide bonds. The van der Waals surface area contributed by atoms with Gasteiger partial charge in [-0.3, -0.25) is 9.59 Å². The third-order valence-electron chi connectivity index (χ3n) is 6.94. The highest BCUT2D eigenvalue weighted by Crippen LogP contribution is 2.34. The lowest BCUT2D eigenvalue weighted by molar-refractivity contribution is -0.133. The number of nitrogens with zero attached hydrogens (tertiary/aromatic N) is 2. The van der Waals surface area contributed by atoms with Crippen LogP contribution in [0.15, 0.2) is 42.5 Å². The molecule has 1 aliphatic carbocycles. The second-order valence-electron chi connectivity index (χ2n) is 9.78. The quantitative estimate of drug-likeness (QED) is 0.724. The second-order valence-corrected chi connectivity index (χ2v) is 9.78. The molecule has 1 fully saturated rings. The lowest BCUT2D eigenvalue weighted by atomic mass is 9.91. The van der Waals surface area contributed by atoms with Crippen molar-refractivity contribution in [1.82, 2.24) is 14.8 Å². The maximum absolute atomic E-state index is 13.6. The van der Waals surface area contributed by atoms with E-state index in [0.717, 1.165) is 43.4 Å². The molecule has 2 heterocycles. The number of hydrogen-bond acceptors (Lipinski definition) is 2. The van der Waals surface area contributed by atoms with Crippen molar-refractivity contribution in [2.45, 2.75) is 77.4 Å². The first-order valence-electron chi connectivity index (χ1n) is 11.8. The van der Waals surface area contributed by atoms with Crippen LogP contribution in [0.25, 0.3) is 11.3 Å². The van der Waals surface area contributed by atoms with E-state index in [0.29, 0.717) is 24.7 Å². The largest absolute Gasteiger partial charge is 0.351 e. The summed E-state index contributed by atoms with van der Waals surface area (Å²) in [5.74, 6) is 0.400. The fourth-order valence-corrected chi connectivity index (χ4v) is 4.96. The van der Waals surface area contributed by atoms with Gasteiger partial charge in [-0.15, -0.1) is 0 Å². The molecular formula is C26H35N3O2. The fraction of sp³-hybridized carbons (Fsp3) is 0.538. The molecule has 5 heteroatoms. The topological polar surface area (TPSA) is 54.3 Å². The summed E-state index contributed by atoms with van der Waals surface area (Å²) in [4.78, 5) is 29.1. The summed E-state index contributed by atoms with van der Waals surface area (Å²) in [5, 5.41) is 3.30. The minimum Gasteiger partial charge on any atom is -0.351 e. The number of rotatable bonds is 6. The lowest BCUT2D eigenvalue weighted by Crippen LogP contribution is -2.65. The first kappa shape index (κ1) is 21.7. The molecule has 2 aliphatic rings. The Morgan fingerprint density at radius 1 is 1.06 bits per heavy atom. The summed E-state index contributed by atoms with van der Waals surface area (Å²) < 4.78 is 2.05. The van der Waals surface area contributed by atoms with Gasteiger partial charge in [0, 0.05) is 18.3 Å². The molecule has 2 aromatic rings. The van der Waals surface area contributed by atoms with Crippen LogP contribution < -0.4 is 5.32 Å². The number of aromatic nitrogens is 1. The normalized spacial score (nSPS) is 21.9. The highest BCUT2D eigenvalue weighted by atomic mass is 16.2. The van der Waals surface area contributed by atoms with Crippen LogP contribution in [0.2, 0.25) is 0 Å². The molecule has 1 aromatic carbocycles. The van der Waals surface area contributed by atoms with Crippen LogP contribution >= 0.6 is 0 Å². The number of hydrogen-bond donors (Lipinski definition) is 1. The second kappa shape index (κ2) is 8.89. The van der Waals surface area contributed by atoms with Gasteiger partial charge in [0.1, 0.15) is 11.2 Å². The first-order valence-corrected chi connectivity index (χ1v) is 11.8. The Labute approximate surface area is 185 Å². The van der Waals surface area contributed by atoms with Crippen LogP contribution in [0.5, 0.6) is 0 Å². The van der Waals surface area contributed by atoms with Crippen LogP contribution in [0.1, 0.15) is 69.8 Å². The molecule has 1 aromatic heterocycles. The van der Waals surface area contributed by atoms with E-state index >= 15 is 0 Å². The molecule has 0 radical (unpaired) electrons. The number of benzene rings is 1. The van der Waals surface area contributed by atoms with Crippen molar-refractivity contribution >= 4 is 11.8 Å². The SMILES string of the molecule is CC(C)CCN1C(=O)c2ccc(-c3ccccc3)n2C[C@]1(C)C(=O)NC1CCCCC1. The molecule has 0 spiro atoms. The van der Waals surface area contributed by atoms with Crippen molar-refractivity contribution in [1.29, 1.82) is 0 Å². The molecule has 0 bridgehead atoms. The summed E-state index contributed by atoms with van der Waals surface area (Å²) in [5.41, 5.74) is 1.82. The summed E-state index contributed by atoms with van der Waals surface area (Å²) in [7, 11) is 0. The summed E-state index contributed by atoms with van der Waals surface area (Å²) in [6.45, 7) is 7.33. The van der Waals surface area contributed by atoms with Gasteiger partial charge in [-0.2, -0.15) is 0 Å². The Morgan fingerprint density at radius 3 is 2.42 bits per heavy atom. The Kier molecular flexibility index (Phi) is 6.22. The van der Waals surface area contributed by atoms with Crippen molar-refractivity contribution in [3.05, 3.63) is 48.2 Å². The van der Waals surface area contributed by atoms with E-state index in [9.17, 15) is 9.59 Å². The molecule has 166 valence electrons. The average Bonchev–Trinajstić information content (AvgIpc) is 3.18. The number of amides is 2. The lowest BCUT2D eigenvalue weighted by Gasteiger charge is -2.45. The fourth-order valence-electron chi connectivity index (χ4n) is 4.96. The van der Waals surface area contributed by atoms with Crippen LogP contribution in [-0.4, -0.2) is 39.4 Å². The van der Waals surface area contributed by atoms with Gasteiger partial charge in [0.25, 0.3) is 5.91 Å². The minimum absolute atomic E-state index is 0.0186. The van der Waals surface area contributed by atoms with Gasteiger partial charge in [-0.05, 0) is 49.8 Å².